The van der Waals surface area contributed by atoms with Crippen molar-refractivity contribution in [2.24, 2.45) is 0 Å². The van der Waals surface area contributed by atoms with Gasteiger partial charge in [0, 0.05) is 11.1 Å². The predicted molar refractivity (Wildman–Crippen MR) is 67.2 cm³/mol. The highest BCUT2D eigenvalue weighted by molar-refractivity contribution is 6.30. The number of benzene rings is 1. The topological polar surface area (TPSA) is 21.3 Å². The molecule has 1 fully saturated rings. The molecule has 2 rings (SSSR count). The van der Waals surface area contributed by atoms with Gasteiger partial charge in [-0.1, -0.05) is 18.0 Å². The van der Waals surface area contributed by atoms with Gasteiger partial charge in [-0.15, -0.1) is 0 Å². The van der Waals surface area contributed by atoms with Crippen LogP contribution >= 0.6 is 11.6 Å². The molecule has 1 aromatic carbocycles. The lowest BCUT2D eigenvalue weighted by Crippen LogP contribution is -2.35. The summed E-state index contributed by atoms with van der Waals surface area (Å²) in [4.78, 5) is 0. The van der Waals surface area contributed by atoms with Gasteiger partial charge in [-0.2, -0.15) is 0 Å². The Morgan fingerprint density at radius 2 is 2.06 bits per heavy atom. The molecule has 1 aliphatic heterocycles. The van der Waals surface area contributed by atoms with E-state index in [4.69, 9.17) is 16.3 Å². The SMILES string of the molecule is Clc1ccc(OCC[C@@H]2CCCCN2)cc1. The van der Waals surface area contributed by atoms with E-state index >= 15 is 0 Å². The first kappa shape index (κ1) is 11.7. The van der Waals surface area contributed by atoms with Gasteiger partial charge < -0.3 is 10.1 Å². The van der Waals surface area contributed by atoms with Crippen LogP contribution in [0.2, 0.25) is 5.02 Å². The van der Waals surface area contributed by atoms with Crippen molar-refractivity contribution in [3.05, 3.63) is 29.3 Å². The molecule has 0 radical (unpaired) electrons. The zero-order chi connectivity index (χ0) is 11.2. The minimum absolute atomic E-state index is 0.640. The van der Waals surface area contributed by atoms with E-state index in [1.54, 1.807) is 0 Å². The minimum Gasteiger partial charge on any atom is -0.494 e. The quantitative estimate of drug-likeness (QED) is 0.871. The van der Waals surface area contributed by atoms with Gasteiger partial charge in [0.25, 0.3) is 0 Å². The van der Waals surface area contributed by atoms with Gasteiger partial charge in [-0.05, 0) is 50.1 Å². The van der Waals surface area contributed by atoms with E-state index in [1.165, 1.54) is 19.3 Å². The standard InChI is InChI=1S/C13H18ClNO/c14-11-4-6-13(7-5-11)16-10-8-12-3-1-2-9-15-12/h4-7,12,15H,1-3,8-10H2/t12-/m0/s1. The average Bonchev–Trinajstić information content (AvgIpc) is 2.33. The predicted octanol–water partition coefficient (Wildman–Crippen LogP) is 3.25. The van der Waals surface area contributed by atoms with Gasteiger partial charge in [0.1, 0.15) is 5.75 Å². The monoisotopic (exact) mass is 239 g/mol. The Morgan fingerprint density at radius 1 is 1.25 bits per heavy atom. The molecule has 1 aromatic rings. The molecule has 0 saturated carbocycles. The van der Waals surface area contributed by atoms with Crippen molar-refractivity contribution in [3.8, 4) is 5.75 Å². The molecule has 3 heteroatoms. The fourth-order valence-electron chi connectivity index (χ4n) is 2.02. The second kappa shape index (κ2) is 6.12. The number of hydrogen-bond acceptors (Lipinski definition) is 2. The fourth-order valence-corrected chi connectivity index (χ4v) is 2.15. The van der Waals surface area contributed by atoms with Crippen LogP contribution in [0.15, 0.2) is 24.3 Å². The average molecular weight is 240 g/mol. The van der Waals surface area contributed by atoms with Crippen molar-refractivity contribution < 1.29 is 4.74 Å². The van der Waals surface area contributed by atoms with E-state index < -0.39 is 0 Å². The third kappa shape index (κ3) is 3.69. The Hall–Kier alpha value is -0.730. The van der Waals surface area contributed by atoms with Crippen molar-refractivity contribution in [2.75, 3.05) is 13.2 Å². The van der Waals surface area contributed by atoms with E-state index in [0.29, 0.717) is 6.04 Å². The summed E-state index contributed by atoms with van der Waals surface area (Å²) in [5, 5.41) is 4.26. The summed E-state index contributed by atoms with van der Waals surface area (Å²) >= 11 is 5.80. The molecule has 0 unspecified atom stereocenters. The van der Waals surface area contributed by atoms with Crippen molar-refractivity contribution >= 4 is 11.6 Å². The first-order chi connectivity index (χ1) is 7.84. The van der Waals surface area contributed by atoms with Crippen LogP contribution in [0.5, 0.6) is 5.75 Å². The first-order valence-corrected chi connectivity index (χ1v) is 6.34. The molecular formula is C13H18ClNO. The molecule has 0 aromatic heterocycles. The highest BCUT2D eigenvalue weighted by atomic mass is 35.5. The van der Waals surface area contributed by atoms with E-state index in [-0.39, 0.29) is 0 Å². The summed E-state index contributed by atoms with van der Waals surface area (Å²) in [6, 6.07) is 8.18. The van der Waals surface area contributed by atoms with Crippen LogP contribution in [-0.2, 0) is 0 Å². The maximum Gasteiger partial charge on any atom is 0.119 e. The Bertz CT molecular complexity index is 306. The maximum atomic E-state index is 5.80. The van der Waals surface area contributed by atoms with Crippen LogP contribution in [0.25, 0.3) is 0 Å². The summed E-state index contributed by atoms with van der Waals surface area (Å²) in [5.41, 5.74) is 0. The molecule has 16 heavy (non-hydrogen) atoms. The Morgan fingerprint density at radius 3 is 2.75 bits per heavy atom. The van der Waals surface area contributed by atoms with E-state index in [2.05, 4.69) is 5.32 Å². The number of rotatable bonds is 4. The number of piperidine rings is 1. The summed E-state index contributed by atoms with van der Waals surface area (Å²) in [6.45, 7) is 1.94. The molecule has 1 atom stereocenters. The lowest BCUT2D eigenvalue weighted by molar-refractivity contribution is 0.268. The van der Waals surface area contributed by atoms with Gasteiger partial charge >= 0.3 is 0 Å². The lowest BCUT2D eigenvalue weighted by Gasteiger charge is -2.23. The zero-order valence-corrected chi connectivity index (χ0v) is 10.2. The molecule has 0 bridgehead atoms. The van der Waals surface area contributed by atoms with Crippen LogP contribution in [0.1, 0.15) is 25.7 Å². The van der Waals surface area contributed by atoms with E-state index in [1.807, 2.05) is 24.3 Å². The first-order valence-electron chi connectivity index (χ1n) is 5.96. The Kier molecular flexibility index (Phi) is 4.49. The highest BCUT2D eigenvalue weighted by Crippen LogP contribution is 2.16. The van der Waals surface area contributed by atoms with Crippen LogP contribution in [0, 0.1) is 0 Å². The van der Waals surface area contributed by atoms with Crippen molar-refractivity contribution in [2.45, 2.75) is 31.7 Å². The molecule has 0 spiro atoms. The molecule has 1 heterocycles. The third-order valence-electron chi connectivity index (χ3n) is 2.96. The Labute approximate surface area is 102 Å². The summed E-state index contributed by atoms with van der Waals surface area (Å²) in [7, 11) is 0. The smallest absolute Gasteiger partial charge is 0.119 e. The lowest BCUT2D eigenvalue weighted by atomic mass is 10.0. The van der Waals surface area contributed by atoms with Gasteiger partial charge in [0.2, 0.25) is 0 Å². The largest absolute Gasteiger partial charge is 0.494 e. The molecule has 0 aliphatic carbocycles. The van der Waals surface area contributed by atoms with E-state index in [0.717, 1.165) is 30.3 Å². The zero-order valence-electron chi connectivity index (χ0n) is 9.42. The van der Waals surface area contributed by atoms with Gasteiger partial charge in [-0.25, -0.2) is 0 Å². The summed E-state index contributed by atoms with van der Waals surface area (Å²) < 4.78 is 5.67. The third-order valence-corrected chi connectivity index (χ3v) is 3.21. The summed E-state index contributed by atoms with van der Waals surface area (Å²) in [6.07, 6.45) is 5.03. The van der Waals surface area contributed by atoms with Gasteiger partial charge in [-0.3, -0.25) is 0 Å². The van der Waals surface area contributed by atoms with Crippen molar-refractivity contribution in [1.29, 1.82) is 0 Å². The maximum absolute atomic E-state index is 5.80. The van der Waals surface area contributed by atoms with Crippen LogP contribution < -0.4 is 10.1 Å². The van der Waals surface area contributed by atoms with E-state index in [9.17, 15) is 0 Å². The Balaban J connectivity index is 1.69. The second-order valence-corrected chi connectivity index (χ2v) is 4.67. The fraction of sp³-hybridized carbons (Fsp3) is 0.538. The molecule has 1 N–H and O–H groups in total. The highest BCUT2D eigenvalue weighted by Gasteiger charge is 2.11. The van der Waals surface area contributed by atoms with Crippen LogP contribution in [-0.4, -0.2) is 19.2 Å². The molecule has 2 nitrogen and oxygen atoms in total. The van der Waals surface area contributed by atoms with Crippen LogP contribution in [0.4, 0.5) is 0 Å². The summed E-state index contributed by atoms with van der Waals surface area (Å²) in [5.74, 6) is 0.903. The van der Waals surface area contributed by atoms with Gasteiger partial charge in [0.15, 0.2) is 0 Å². The molecule has 0 amide bonds. The molecule has 88 valence electrons. The molecule has 1 aliphatic rings. The minimum atomic E-state index is 0.640. The van der Waals surface area contributed by atoms with Crippen molar-refractivity contribution in [3.63, 3.8) is 0 Å². The number of hydrogen-bond donors (Lipinski definition) is 1. The molecule has 1 saturated heterocycles. The number of halogens is 1. The van der Waals surface area contributed by atoms with Gasteiger partial charge in [0.05, 0.1) is 6.61 Å². The second-order valence-electron chi connectivity index (χ2n) is 4.24. The van der Waals surface area contributed by atoms with Crippen molar-refractivity contribution in [1.82, 2.24) is 5.32 Å². The number of ether oxygens (including phenoxy) is 1. The number of nitrogens with one attached hydrogen (secondary N) is 1. The molecular weight excluding hydrogens is 222 g/mol. The normalized spacial score (nSPS) is 20.7. The van der Waals surface area contributed by atoms with Crippen LogP contribution in [0.3, 0.4) is 0 Å².